The van der Waals surface area contributed by atoms with Gasteiger partial charge in [0.25, 0.3) is 0 Å². The van der Waals surface area contributed by atoms with Crippen LogP contribution in [0.3, 0.4) is 0 Å². The Kier molecular flexibility index (Phi) is 4.20. The number of ether oxygens (including phenoxy) is 3. The van der Waals surface area contributed by atoms with Crippen molar-refractivity contribution in [2.24, 2.45) is 5.92 Å². The van der Waals surface area contributed by atoms with Gasteiger partial charge in [-0.1, -0.05) is 18.2 Å². The van der Waals surface area contributed by atoms with Gasteiger partial charge in [0.1, 0.15) is 24.4 Å². The van der Waals surface area contributed by atoms with E-state index < -0.39 is 47.8 Å². The summed E-state index contributed by atoms with van der Waals surface area (Å²) in [4.78, 5) is 13.7. The molecule has 1 saturated heterocycles. The maximum absolute atomic E-state index is 11.4. The molecule has 170 valence electrons. The first-order valence-electron chi connectivity index (χ1n) is 10.8. The average Bonchev–Trinajstić information content (AvgIpc) is 3.12. The van der Waals surface area contributed by atoms with E-state index in [0.29, 0.717) is 5.75 Å². The van der Waals surface area contributed by atoms with E-state index in [1.165, 1.54) is 0 Å². The molecular weight excluding hydrogens is 418 g/mol. The number of aliphatic hydroxyl groups excluding tert-OH is 2. The number of aliphatic hydroxyl groups is 2. The molecule has 6 rings (SSSR count). The summed E-state index contributed by atoms with van der Waals surface area (Å²) >= 11 is 0. The topological polar surface area (TPSA) is 129 Å². The lowest BCUT2D eigenvalue weighted by Crippen LogP contribution is -2.65. The Hall–Kier alpha value is -2.59. The largest absolute Gasteiger partial charge is 0.504 e. The molecule has 9 nitrogen and oxygen atoms in total. The molecular formula is C23H25NO8. The van der Waals surface area contributed by atoms with Crippen LogP contribution in [0.15, 0.2) is 36.1 Å². The first kappa shape index (κ1) is 20.0. The summed E-state index contributed by atoms with van der Waals surface area (Å²) in [6, 6.07) is 3.91. The minimum Gasteiger partial charge on any atom is -0.504 e. The van der Waals surface area contributed by atoms with Crippen LogP contribution in [0, 0.1) is 5.92 Å². The molecule has 0 aromatic heterocycles. The molecule has 5 aliphatic rings. The van der Waals surface area contributed by atoms with Crippen LogP contribution in [0.4, 0.5) is 0 Å². The van der Waals surface area contributed by atoms with Crippen LogP contribution in [0.5, 0.6) is 11.5 Å². The number of hydrogen-bond acceptors (Lipinski definition) is 8. The molecule has 0 saturated carbocycles. The second-order valence-electron chi connectivity index (χ2n) is 9.34. The van der Waals surface area contributed by atoms with Gasteiger partial charge in [-0.25, -0.2) is 4.79 Å². The molecule has 9 heteroatoms. The third-order valence-corrected chi connectivity index (χ3v) is 7.83. The number of phenolic OH excluding ortho intramolecular Hbond substituents is 1. The van der Waals surface area contributed by atoms with Gasteiger partial charge in [0.15, 0.2) is 11.5 Å². The zero-order chi connectivity index (χ0) is 22.4. The molecule has 4 unspecified atom stereocenters. The molecule has 0 amide bonds. The van der Waals surface area contributed by atoms with Crippen LogP contribution in [0.2, 0.25) is 0 Å². The molecule has 8 atom stereocenters. The Balaban J connectivity index is 1.40. The smallest absolute Gasteiger partial charge is 0.371 e. The molecule has 3 heterocycles. The number of carboxylic acid groups (broad SMARTS) is 1. The number of hydrogen-bond donors (Lipinski definition) is 4. The van der Waals surface area contributed by atoms with Crippen molar-refractivity contribution < 1.29 is 39.4 Å². The number of likely N-dealkylation sites (tertiary alicyclic amines) is 1. The fourth-order valence-electron chi connectivity index (χ4n) is 6.37. The number of benzene rings is 1. The molecule has 1 fully saturated rings. The first-order valence-corrected chi connectivity index (χ1v) is 10.8. The zero-order valence-corrected chi connectivity index (χ0v) is 17.4. The summed E-state index contributed by atoms with van der Waals surface area (Å²) in [7, 11) is 2.12. The highest BCUT2D eigenvalue weighted by molar-refractivity contribution is 5.84. The van der Waals surface area contributed by atoms with Crippen molar-refractivity contribution in [3.8, 4) is 11.5 Å². The van der Waals surface area contributed by atoms with Crippen molar-refractivity contribution in [3.05, 3.63) is 47.2 Å². The summed E-state index contributed by atoms with van der Waals surface area (Å²) in [5.74, 6) is -1.10. The monoisotopic (exact) mass is 443 g/mol. The summed E-state index contributed by atoms with van der Waals surface area (Å²) in [6.45, 7) is 0.864. The van der Waals surface area contributed by atoms with Gasteiger partial charge in [-0.15, -0.1) is 0 Å². The fraction of sp³-hybridized carbons (Fsp3) is 0.522. The molecule has 3 aliphatic heterocycles. The highest BCUT2D eigenvalue weighted by Gasteiger charge is 2.65. The highest BCUT2D eigenvalue weighted by atomic mass is 16.7. The maximum atomic E-state index is 11.4. The van der Waals surface area contributed by atoms with Crippen LogP contribution in [0.25, 0.3) is 0 Å². The van der Waals surface area contributed by atoms with E-state index in [1.54, 1.807) is 6.07 Å². The van der Waals surface area contributed by atoms with Gasteiger partial charge in [0.2, 0.25) is 12.0 Å². The lowest BCUT2D eigenvalue weighted by Gasteiger charge is -2.57. The third kappa shape index (κ3) is 2.50. The lowest BCUT2D eigenvalue weighted by molar-refractivity contribution is -0.234. The third-order valence-electron chi connectivity index (χ3n) is 7.83. The number of rotatable bonds is 3. The Bertz CT molecular complexity index is 1050. The van der Waals surface area contributed by atoms with Crippen LogP contribution < -0.4 is 4.74 Å². The van der Waals surface area contributed by atoms with Gasteiger partial charge in [0.05, 0.1) is 0 Å². The average molecular weight is 443 g/mol. The van der Waals surface area contributed by atoms with Crippen molar-refractivity contribution in [1.29, 1.82) is 0 Å². The predicted octanol–water partition coefficient (Wildman–Crippen LogP) is 0.269. The predicted molar refractivity (Wildman–Crippen MR) is 109 cm³/mol. The van der Waals surface area contributed by atoms with Crippen molar-refractivity contribution in [1.82, 2.24) is 4.90 Å². The molecule has 2 aliphatic carbocycles. The van der Waals surface area contributed by atoms with Crippen LogP contribution in [0.1, 0.15) is 17.5 Å². The summed E-state index contributed by atoms with van der Waals surface area (Å²) in [5.41, 5.74) is 1.79. The Morgan fingerprint density at radius 3 is 2.84 bits per heavy atom. The van der Waals surface area contributed by atoms with Gasteiger partial charge in [0, 0.05) is 22.9 Å². The normalized spacial score (nSPS) is 41.3. The zero-order valence-electron chi connectivity index (χ0n) is 17.4. The Labute approximate surface area is 184 Å². The minimum absolute atomic E-state index is 0.0860. The number of likely N-dealkylation sites (N-methyl/N-ethyl adjacent to an activating group) is 1. The van der Waals surface area contributed by atoms with E-state index in [4.69, 9.17) is 14.2 Å². The fourth-order valence-corrected chi connectivity index (χ4v) is 6.37. The van der Waals surface area contributed by atoms with Crippen LogP contribution in [-0.4, -0.2) is 81.6 Å². The number of piperidine rings is 1. The highest BCUT2D eigenvalue weighted by Crippen LogP contribution is 2.62. The molecule has 1 aromatic carbocycles. The maximum Gasteiger partial charge on any atom is 0.371 e. The second-order valence-corrected chi connectivity index (χ2v) is 9.34. The quantitative estimate of drug-likeness (QED) is 0.487. The first-order chi connectivity index (χ1) is 15.3. The number of aliphatic carboxylic acids is 1. The van der Waals surface area contributed by atoms with E-state index >= 15 is 0 Å². The SMILES string of the molecule is CN1CCC23c4c5ccc(O)c4O[C@H]2[C@@H](OC2OC(C(=O)O)=CC(O)C2O)C=C[C@H]3[C@H]1C5. The number of nitrogens with zero attached hydrogens (tertiary/aromatic N) is 1. The molecule has 1 aromatic rings. The van der Waals surface area contributed by atoms with Crippen LogP contribution >= 0.6 is 0 Å². The van der Waals surface area contributed by atoms with Gasteiger partial charge >= 0.3 is 5.97 Å². The summed E-state index contributed by atoms with van der Waals surface area (Å²) in [6.07, 6.45) is 1.19. The van der Waals surface area contributed by atoms with Crippen molar-refractivity contribution in [3.63, 3.8) is 0 Å². The molecule has 2 bridgehead atoms. The minimum atomic E-state index is -1.45. The van der Waals surface area contributed by atoms with E-state index in [-0.39, 0.29) is 17.7 Å². The van der Waals surface area contributed by atoms with Gasteiger partial charge < -0.3 is 39.5 Å². The van der Waals surface area contributed by atoms with Crippen molar-refractivity contribution in [2.75, 3.05) is 13.6 Å². The number of phenols is 1. The van der Waals surface area contributed by atoms with Gasteiger partial charge in [-0.3, -0.25) is 0 Å². The summed E-state index contributed by atoms with van der Waals surface area (Å²) in [5, 5.41) is 40.3. The molecule has 1 spiro atoms. The second kappa shape index (κ2) is 6.71. The summed E-state index contributed by atoms with van der Waals surface area (Å²) < 4.78 is 17.8. The van der Waals surface area contributed by atoms with Crippen molar-refractivity contribution >= 4 is 5.97 Å². The van der Waals surface area contributed by atoms with E-state index in [9.17, 15) is 25.2 Å². The Morgan fingerprint density at radius 2 is 2.06 bits per heavy atom. The molecule has 32 heavy (non-hydrogen) atoms. The van der Waals surface area contributed by atoms with Gasteiger partial charge in [-0.05, 0) is 44.1 Å². The van der Waals surface area contributed by atoms with E-state index in [2.05, 4.69) is 18.0 Å². The number of aromatic hydroxyl groups is 1. The van der Waals surface area contributed by atoms with E-state index in [0.717, 1.165) is 36.6 Å². The van der Waals surface area contributed by atoms with E-state index in [1.807, 2.05) is 12.1 Å². The lowest BCUT2D eigenvalue weighted by atomic mass is 9.53. The van der Waals surface area contributed by atoms with Crippen molar-refractivity contribution in [2.45, 2.75) is 55.0 Å². The Morgan fingerprint density at radius 1 is 1.25 bits per heavy atom. The number of carboxylic acids is 1. The standard InChI is InChI=1S/C23H25NO8/c1-24-7-6-23-11-3-5-15(30-22-18(27)14(26)9-16(31-22)21(28)29)20(23)32-19-13(25)4-2-10(17(19)23)8-12(11)24/h2-5,9,11-12,14-15,18,20,22,25-27H,6-8H2,1H3,(H,28,29)/t11-,12+,14?,15-,18?,20-,22?,23?/m0/s1. The van der Waals surface area contributed by atoms with Gasteiger partial charge in [-0.2, -0.15) is 0 Å². The number of carbonyl (C=O) groups is 1. The van der Waals surface area contributed by atoms with Crippen LogP contribution in [-0.2, 0) is 26.1 Å². The molecule has 0 radical (unpaired) electrons. The molecule has 4 N–H and O–H groups in total.